The van der Waals surface area contributed by atoms with Crippen LogP contribution in [0.3, 0.4) is 0 Å². The van der Waals surface area contributed by atoms with Crippen LogP contribution in [0, 0.1) is 5.41 Å². The SMILES string of the molecule is CC(=O)N1CC2(CCN(C(=O)/C=C/CN(C)C)CC2)CC1Cc1ccccn1. The van der Waals surface area contributed by atoms with Crippen molar-refractivity contribution in [2.24, 2.45) is 5.41 Å². The van der Waals surface area contributed by atoms with E-state index in [0.29, 0.717) is 0 Å². The number of amides is 2. The van der Waals surface area contributed by atoms with Gasteiger partial charge in [0, 0.05) is 63.5 Å². The molecular weight excluding hydrogens is 352 g/mol. The van der Waals surface area contributed by atoms with E-state index in [2.05, 4.69) is 4.98 Å². The number of piperidine rings is 1. The Bertz CT molecular complexity index is 709. The molecule has 6 nitrogen and oxygen atoms in total. The summed E-state index contributed by atoms with van der Waals surface area (Å²) in [7, 11) is 3.98. The van der Waals surface area contributed by atoms with Crippen LogP contribution >= 0.6 is 0 Å². The quantitative estimate of drug-likeness (QED) is 0.729. The number of hydrogen-bond donors (Lipinski definition) is 0. The topological polar surface area (TPSA) is 56.8 Å². The molecular formula is C22H32N4O2. The summed E-state index contributed by atoms with van der Waals surface area (Å²) < 4.78 is 0. The molecule has 1 atom stereocenters. The number of rotatable bonds is 5. The van der Waals surface area contributed by atoms with Crippen LogP contribution < -0.4 is 0 Å². The van der Waals surface area contributed by atoms with Crippen molar-refractivity contribution in [1.29, 1.82) is 0 Å². The highest BCUT2D eigenvalue weighted by atomic mass is 16.2. The molecule has 0 aromatic carbocycles. The third-order valence-corrected chi connectivity index (χ3v) is 6.06. The smallest absolute Gasteiger partial charge is 0.246 e. The van der Waals surface area contributed by atoms with Gasteiger partial charge in [-0.15, -0.1) is 0 Å². The molecule has 0 radical (unpaired) electrons. The molecule has 1 aromatic heterocycles. The highest BCUT2D eigenvalue weighted by molar-refractivity contribution is 5.87. The minimum atomic E-state index is 0.100. The van der Waals surface area contributed by atoms with Crippen molar-refractivity contribution in [3.63, 3.8) is 0 Å². The van der Waals surface area contributed by atoms with Gasteiger partial charge in [0.15, 0.2) is 0 Å². The van der Waals surface area contributed by atoms with E-state index in [1.54, 1.807) is 13.0 Å². The Labute approximate surface area is 168 Å². The molecule has 2 aliphatic heterocycles. The van der Waals surface area contributed by atoms with Crippen LogP contribution in [0.2, 0.25) is 0 Å². The number of likely N-dealkylation sites (N-methyl/N-ethyl adjacent to an activating group) is 1. The van der Waals surface area contributed by atoms with Crippen LogP contribution in [0.1, 0.15) is 31.9 Å². The monoisotopic (exact) mass is 384 g/mol. The second-order valence-electron chi connectivity index (χ2n) is 8.52. The fraction of sp³-hybridized carbons (Fsp3) is 0.591. The third kappa shape index (κ3) is 4.98. The normalized spacial score (nSPS) is 21.8. The van der Waals surface area contributed by atoms with Crippen LogP contribution in [0.15, 0.2) is 36.5 Å². The Kier molecular flexibility index (Phi) is 6.50. The summed E-state index contributed by atoms with van der Waals surface area (Å²) in [5, 5.41) is 0. The van der Waals surface area contributed by atoms with E-state index >= 15 is 0 Å². The van der Waals surface area contributed by atoms with Crippen molar-refractivity contribution in [1.82, 2.24) is 19.7 Å². The van der Waals surface area contributed by atoms with Gasteiger partial charge < -0.3 is 14.7 Å². The summed E-state index contributed by atoms with van der Waals surface area (Å²) in [4.78, 5) is 35.1. The summed E-state index contributed by atoms with van der Waals surface area (Å²) in [6.45, 7) is 4.78. The molecule has 2 fully saturated rings. The van der Waals surface area contributed by atoms with Crippen LogP contribution in [0.5, 0.6) is 0 Å². The molecule has 3 rings (SSSR count). The molecule has 0 saturated carbocycles. The molecule has 1 aromatic rings. The highest BCUT2D eigenvalue weighted by Gasteiger charge is 2.46. The molecule has 2 aliphatic rings. The summed E-state index contributed by atoms with van der Waals surface area (Å²) >= 11 is 0. The number of nitrogens with zero attached hydrogens (tertiary/aromatic N) is 4. The van der Waals surface area contributed by atoms with Crippen LogP contribution in [-0.2, 0) is 16.0 Å². The fourth-order valence-corrected chi connectivity index (χ4v) is 4.51. The molecule has 2 saturated heterocycles. The molecule has 0 aliphatic carbocycles. The zero-order valence-corrected chi connectivity index (χ0v) is 17.3. The third-order valence-electron chi connectivity index (χ3n) is 6.06. The Morgan fingerprint density at radius 1 is 1.29 bits per heavy atom. The van der Waals surface area contributed by atoms with Crippen molar-refractivity contribution in [2.75, 3.05) is 40.3 Å². The number of aromatic nitrogens is 1. The first kappa shape index (κ1) is 20.5. The van der Waals surface area contributed by atoms with E-state index in [0.717, 1.165) is 57.6 Å². The van der Waals surface area contributed by atoms with Gasteiger partial charge in [-0.05, 0) is 50.9 Å². The van der Waals surface area contributed by atoms with Gasteiger partial charge in [0.1, 0.15) is 0 Å². The molecule has 1 spiro atoms. The van der Waals surface area contributed by atoms with Crippen molar-refractivity contribution in [3.05, 3.63) is 42.2 Å². The lowest BCUT2D eigenvalue weighted by Crippen LogP contribution is -2.44. The first-order valence-corrected chi connectivity index (χ1v) is 10.2. The number of carbonyl (C=O) groups is 2. The zero-order chi connectivity index (χ0) is 20.1. The molecule has 1 unspecified atom stereocenters. The first-order valence-electron chi connectivity index (χ1n) is 10.2. The van der Waals surface area contributed by atoms with Crippen molar-refractivity contribution in [3.8, 4) is 0 Å². The molecule has 6 heteroatoms. The van der Waals surface area contributed by atoms with Gasteiger partial charge in [-0.25, -0.2) is 0 Å². The highest BCUT2D eigenvalue weighted by Crippen LogP contribution is 2.44. The summed E-state index contributed by atoms with van der Waals surface area (Å²) in [6, 6.07) is 6.15. The molecule has 2 amide bonds. The number of hydrogen-bond acceptors (Lipinski definition) is 4. The van der Waals surface area contributed by atoms with E-state index in [4.69, 9.17) is 0 Å². The number of pyridine rings is 1. The van der Waals surface area contributed by atoms with Crippen LogP contribution in [0.25, 0.3) is 0 Å². The van der Waals surface area contributed by atoms with Crippen molar-refractivity contribution >= 4 is 11.8 Å². The lowest BCUT2D eigenvalue weighted by molar-refractivity contribution is -0.131. The van der Waals surface area contributed by atoms with Crippen LogP contribution in [0.4, 0.5) is 0 Å². The van der Waals surface area contributed by atoms with Gasteiger partial charge in [0.2, 0.25) is 11.8 Å². The van der Waals surface area contributed by atoms with E-state index in [9.17, 15) is 9.59 Å². The minimum absolute atomic E-state index is 0.100. The van der Waals surface area contributed by atoms with Crippen molar-refractivity contribution < 1.29 is 9.59 Å². The maximum atomic E-state index is 12.4. The Morgan fingerprint density at radius 2 is 2.04 bits per heavy atom. The average molecular weight is 385 g/mol. The Morgan fingerprint density at radius 3 is 2.64 bits per heavy atom. The predicted octanol–water partition coefficient (Wildman–Crippen LogP) is 1.97. The molecule has 0 N–H and O–H groups in total. The maximum Gasteiger partial charge on any atom is 0.246 e. The Balaban J connectivity index is 1.60. The molecule has 28 heavy (non-hydrogen) atoms. The second kappa shape index (κ2) is 8.86. The first-order chi connectivity index (χ1) is 13.4. The van der Waals surface area contributed by atoms with Gasteiger partial charge in [-0.1, -0.05) is 12.1 Å². The van der Waals surface area contributed by atoms with Crippen LogP contribution in [-0.4, -0.2) is 77.8 Å². The van der Waals surface area contributed by atoms with E-state index in [1.165, 1.54) is 0 Å². The molecule has 152 valence electrons. The van der Waals surface area contributed by atoms with Gasteiger partial charge >= 0.3 is 0 Å². The number of likely N-dealkylation sites (tertiary alicyclic amines) is 2. The minimum Gasteiger partial charge on any atom is -0.339 e. The molecule has 3 heterocycles. The van der Waals surface area contributed by atoms with E-state index in [-0.39, 0.29) is 23.3 Å². The van der Waals surface area contributed by atoms with Gasteiger partial charge in [-0.2, -0.15) is 0 Å². The van der Waals surface area contributed by atoms with Crippen molar-refractivity contribution in [2.45, 2.75) is 38.6 Å². The fourth-order valence-electron chi connectivity index (χ4n) is 4.51. The second-order valence-corrected chi connectivity index (χ2v) is 8.52. The number of carbonyl (C=O) groups excluding carboxylic acids is 2. The Hall–Kier alpha value is -2.21. The average Bonchev–Trinajstić information content (AvgIpc) is 3.01. The largest absolute Gasteiger partial charge is 0.339 e. The zero-order valence-electron chi connectivity index (χ0n) is 17.3. The van der Waals surface area contributed by atoms with Gasteiger partial charge in [0.05, 0.1) is 0 Å². The lowest BCUT2D eigenvalue weighted by Gasteiger charge is -2.38. The van der Waals surface area contributed by atoms with Gasteiger partial charge in [0.25, 0.3) is 0 Å². The lowest BCUT2D eigenvalue weighted by atomic mass is 9.76. The summed E-state index contributed by atoms with van der Waals surface area (Å²) in [5.41, 5.74) is 1.17. The maximum absolute atomic E-state index is 12.4. The molecule has 0 bridgehead atoms. The summed E-state index contributed by atoms with van der Waals surface area (Å²) in [6.07, 6.45) is 9.15. The van der Waals surface area contributed by atoms with E-state index in [1.807, 2.05) is 59.3 Å². The van der Waals surface area contributed by atoms with E-state index < -0.39 is 0 Å². The predicted molar refractivity (Wildman–Crippen MR) is 110 cm³/mol. The van der Waals surface area contributed by atoms with Gasteiger partial charge in [-0.3, -0.25) is 14.6 Å². The standard InChI is InChI=1S/C22H32N4O2/c1-18(27)26-17-22(16-20(26)15-19-7-4-5-11-23-19)9-13-25(14-10-22)21(28)8-6-12-24(2)3/h4-8,11,20H,9-10,12-17H2,1-3H3/b8-6+. The summed E-state index contributed by atoms with van der Waals surface area (Å²) in [5.74, 6) is 0.242.